The molecular formula is C21H30ClN5O3. The molecule has 0 atom stereocenters. The molecule has 9 heteroatoms. The van der Waals surface area contributed by atoms with E-state index in [1.54, 1.807) is 7.05 Å². The van der Waals surface area contributed by atoms with Gasteiger partial charge in [0.25, 0.3) is 0 Å². The molecule has 1 aromatic carbocycles. The molecule has 2 aliphatic rings. The Morgan fingerprint density at radius 1 is 1.07 bits per heavy atom. The first-order valence-corrected chi connectivity index (χ1v) is 10.7. The minimum Gasteiger partial charge on any atom is -0.469 e. The molecule has 0 aromatic heterocycles. The summed E-state index contributed by atoms with van der Waals surface area (Å²) >= 11 is 5.96. The van der Waals surface area contributed by atoms with Gasteiger partial charge in [0, 0.05) is 57.0 Å². The first-order valence-electron chi connectivity index (χ1n) is 10.3. The van der Waals surface area contributed by atoms with Gasteiger partial charge in [-0.25, -0.2) is 0 Å². The Balaban J connectivity index is 1.43. The molecule has 0 unspecified atom stereocenters. The largest absolute Gasteiger partial charge is 0.469 e. The number of benzene rings is 1. The van der Waals surface area contributed by atoms with Gasteiger partial charge < -0.3 is 24.8 Å². The molecule has 3 rings (SSSR count). The van der Waals surface area contributed by atoms with Crippen molar-refractivity contribution in [2.24, 2.45) is 10.9 Å². The molecule has 0 saturated carbocycles. The maximum absolute atomic E-state index is 12.7. The molecule has 8 nitrogen and oxygen atoms in total. The SMILES string of the molecule is CN=C(NCC(=O)N1CCN(c2ccc(Cl)cc2)CC1)N1CCC(C(=O)OC)CC1. The zero-order chi connectivity index (χ0) is 21.5. The molecule has 1 amide bonds. The lowest BCUT2D eigenvalue weighted by atomic mass is 9.97. The average molecular weight is 436 g/mol. The number of halogens is 1. The van der Waals surface area contributed by atoms with Crippen molar-refractivity contribution in [3.05, 3.63) is 29.3 Å². The number of piperidine rings is 1. The van der Waals surface area contributed by atoms with Crippen LogP contribution in [-0.2, 0) is 14.3 Å². The number of anilines is 1. The number of amides is 1. The number of aliphatic imine (C=N–C) groups is 1. The Morgan fingerprint density at radius 2 is 1.70 bits per heavy atom. The van der Waals surface area contributed by atoms with Gasteiger partial charge in [0.2, 0.25) is 5.91 Å². The second-order valence-corrected chi connectivity index (χ2v) is 7.97. The summed E-state index contributed by atoms with van der Waals surface area (Å²) in [4.78, 5) is 34.9. The van der Waals surface area contributed by atoms with Gasteiger partial charge in [-0.15, -0.1) is 0 Å². The quantitative estimate of drug-likeness (QED) is 0.438. The summed E-state index contributed by atoms with van der Waals surface area (Å²) in [6.07, 6.45) is 1.46. The first-order chi connectivity index (χ1) is 14.5. The number of piperazine rings is 1. The number of carbonyl (C=O) groups is 2. The molecule has 0 spiro atoms. The summed E-state index contributed by atoms with van der Waals surface area (Å²) in [6, 6.07) is 7.79. The van der Waals surface area contributed by atoms with Crippen LogP contribution in [0.3, 0.4) is 0 Å². The van der Waals surface area contributed by atoms with Crippen LogP contribution in [-0.4, -0.2) is 87.6 Å². The third-order valence-corrected chi connectivity index (χ3v) is 6.01. The summed E-state index contributed by atoms with van der Waals surface area (Å²) < 4.78 is 4.84. The topological polar surface area (TPSA) is 77.5 Å². The fourth-order valence-corrected chi connectivity index (χ4v) is 4.08. The minimum absolute atomic E-state index is 0.0528. The van der Waals surface area contributed by atoms with Gasteiger partial charge in [0.15, 0.2) is 5.96 Å². The molecule has 0 bridgehead atoms. The number of likely N-dealkylation sites (tertiary alicyclic amines) is 1. The van der Waals surface area contributed by atoms with Crippen LogP contribution in [0.25, 0.3) is 0 Å². The zero-order valence-electron chi connectivity index (χ0n) is 17.6. The molecule has 30 heavy (non-hydrogen) atoms. The highest BCUT2D eigenvalue weighted by molar-refractivity contribution is 6.30. The Kier molecular flexibility index (Phi) is 7.79. The molecule has 2 fully saturated rings. The Hall–Kier alpha value is -2.48. The highest BCUT2D eigenvalue weighted by Crippen LogP contribution is 2.20. The molecule has 2 heterocycles. The van der Waals surface area contributed by atoms with Crippen LogP contribution in [0.5, 0.6) is 0 Å². The lowest BCUT2D eigenvalue weighted by molar-refractivity contribution is -0.146. The smallest absolute Gasteiger partial charge is 0.308 e. The number of rotatable bonds is 4. The number of hydrogen-bond acceptors (Lipinski definition) is 5. The number of guanidine groups is 1. The third-order valence-electron chi connectivity index (χ3n) is 5.76. The number of carbonyl (C=O) groups excluding carboxylic acids is 2. The monoisotopic (exact) mass is 435 g/mol. The van der Waals surface area contributed by atoms with E-state index >= 15 is 0 Å². The van der Waals surface area contributed by atoms with E-state index in [9.17, 15) is 9.59 Å². The van der Waals surface area contributed by atoms with Crippen LogP contribution in [0.1, 0.15) is 12.8 Å². The number of methoxy groups -OCH3 is 1. The molecule has 0 radical (unpaired) electrons. The minimum atomic E-state index is -0.148. The van der Waals surface area contributed by atoms with E-state index in [1.165, 1.54) is 7.11 Å². The summed E-state index contributed by atoms with van der Waals surface area (Å²) in [7, 11) is 3.14. The van der Waals surface area contributed by atoms with Gasteiger partial charge in [-0.3, -0.25) is 14.6 Å². The van der Waals surface area contributed by atoms with Crippen molar-refractivity contribution in [2.45, 2.75) is 12.8 Å². The van der Waals surface area contributed by atoms with E-state index in [2.05, 4.69) is 20.1 Å². The Labute approximate surface area is 182 Å². The standard InChI is InChI=1S/C21H30ClN5O3/c1-23-21(27-9-7-16(8-10-27)20(29)30-2)24-15-19(28)26-13-11-25(12-14-26)18-5-3-17(22)4-6-18/h3-6,16H,7-15H2,1-2H3,(H,23,24). The van der Waals surface area contributed by atoms with Crippen molar-refractivity contribution in [2.75, 3.05) is 64.9 Å². The summed E-state index contributed by atoms with van der Waals surface area (Å²) in [5.74, 6) is 0.566. The van der Waals surface area contributed by atoms with E-state index in [4.69, 9.17) is 16.3 Å². The van der Waals surface area contributed by atoms with Crippen LogP contribution >= 0.6 is 11.6 Å². The second kappa shape index (κ2) is 10.5. The van der Waals surface area contributed by atoms with Crippen LogP contribution in [0.15, 0.2) is 29.3 Å². The Bertz CT molecular complexity index is 754. The number of hydrogen-bond donors (Lipinski definition) is 1. The third kappa shape index (κ3) is 5.56. The van der Waals surface area contributed by atoms with Crippen LogP contribution < -0.4 is 10.2 Å². The molecule has 0 aliphatic carbocycles. The summed E-state index contributed by atoms with van der Waals surface area (Å²) in [5.41, 5.74) is 1.13. The van der Waals surface area contributed by atoms with Crippen molar-refractivity contribution in [3.8, 4) is 0 Å². The van der Waals surface area contributed by atoms with Gasteiger partial charge >= 0.3 is 5.97 Å². The van der Waals surface area contributed by atoms with Gasteiger partial charge in [-0.1, -0.05) is 11.6 Å². The highest BCUT2D eigenvalue weighted by atomic mass is 35.5. The van der Waals surface area contributed by atoms with E-state index in [1.807, 2.05) is 29.2 Å². The fraction of sp³-hybridized carbons (Fsp3) is 0.571. The van der Waals surface area contributed by atoms with Crippen molar-refractivity contribution in [3.63, 3.8) is 0 Å². The molecule has 1 N–H and O–H groups in total. The van der Waals surface area contributed by atoms with E-state index in [0.29, 0.717) is 32.1 Å². The summed E-state index contributed by atoms with van der Waals surface area (Å²) in [5, 5.41) is 3.91. The number of nitrogens with zero attached hydrogens (tertiary/aromatic N) is 4. The van der Waals surface area contributed by atoms with Gasteiger partial charge in [-0.05, 0) is 37.1 Å². The Morgan fingerprint density at radius 3 is 2.27 bits per heavy atom. The normalized spacial score (nSPS) is 18.4. The van der Waals surface area contributed by atoms with Crippen molar-refractivity contribution < 1.29 is 14.3 Å². The predicted octanol–water partition coefficient (Wildman–Crippen LogP) is 1.45. The molecule has 2 aliphatic heterocycles. The van der Waals surface area contributed by atoms with Crippen molar-refractivity contribution >= 4 is 35.1 Å². The van der Waals surface area contributed by atoms with Crippen LogP contribution in [0.4, 0.5) is 5.69 Å². The van der Waals surface area contributed by atoms with Gasteiger partial charge in [-0.2, -0.15) is 0 Å². The number of ether oxygens (including phenoxy) is 1. The maximum atomic E-state index is 12.7. The molecule has 1 aromatic rings. The summed E-state index contributed by atoms with van der Waals surface area (Å²) in [6.45, 7) is 4.61. The van der Waals surface area contributed by atoms with Crippen LogP contribution in [0.2, 0.25) is 5.02 Å². The maximum Gasteiger partial charge on any atom is 0.308 e. The van der Waals surface area contributed by atoms with Crippen LogP contribution in [0, 0.1) is 5.92 Å². The second-order valence-electron chi connectivity index (χ2n) is 7.53. The first kappa shape index (κ1) is 22.2. The highest BCUT2D eigenvalue weighted by Gasteiger charge is 2.27. The van der Waals surface area contributed by atoms with E-state index in [-0.39, 0.29) is 24.3 Å². The van der Waals surface area contributed by atoms with Crippen molar-refractivity contribution in [1.29, 1.82) is 0 Å². The number of esters is 1. The fourth-order valence-electron chi connectivity index (χ4n) is 3.96. The lowest BCUT2D eigenvalue weighted by Crippen LogP contribution is -2.53. The molecular weight excluding hydrogens is 406 g/mol. The zero-order valence-corrected chi connectivity index (χ0v) is 18.4. The van der Waals surface area contributed by atoms with Gasteiger partial charge in [0.1, 0.15) is 0 Å². The van der Waals surface area contributed by atoms with E-state index in [0.717, 1.165) is 36.6 Å². The van der Waals surface area contributed by atoms with E-state index < -0.39 is 0 Å². The number of nitrogens with one attached hydrogen (secondary N) is 1. The predicted molar refractivity (Wildman–Crippen MR) is 118 cm³/mol. The average Bonchev–Trinajstić information content (AvgIpc) is 2.80. The molecule has 164 valence electrons. The molecule has 2 saturated heterocycles. The van der Waals surface area contributed by atoms with Gasteiger partial charge in [0.05, 0.1) is 19.6 Å². The van der Waals surface area contributed by atoms with Crippen molar-refractivity contribution in [1.82, 2.24) is 15.1 Å². The lowest BCUT2D eigenvalue weighted by Gasteiger charge is -2.37.